The molecule has 0 bridgehead atoms. The van der Waals surface area contributed by atoms with Gasteiger partial charge in [-0.3, -0.25) is 4.79 Å². The summed E-state index contributed by atoms with van der Waals surface area (Å²) in [6, 6.07) is 17.2. The topological polar surface area (TPSA) is 55.4 Å². The number of carbonyl (C=O) groups excluding carboxylic acids is 2. The van der Waals surface area contributed by atoms with Crippen molar-refractivity contribution in [3.8, 4) is 0 Å². The summed E-state index contributed by atoms with van der Waals surface area (Å²) in [5.41, 5.74) is 2.88. The molecule has 3 rings (SSSR count). The van der Waals surface area contributed by atoms with Crippen LogP contribution in [0.4, 0.5) is 0 Å². The highest BCUT2D eigenvalue weighted by molar-refractivity contribution is 9.10. The second kappa shape index (κ2) is 7.66. The Bertz CT molecular complexity index is 830. The quantitative estimate of drug-likeness (QED) is 0.788. The molecular formula is C20H18BrNO3. The molecule has 2 aromatic carbocycles. The van der Waals surface area contributed by atoms with Crippen LogP contribution in [0.3, 0.4) is 0 Å². The zero-order valence-electron chi connectivity index (χ0n) is 13.8. The van der Waals surface area contributed by atoms with Gasteiger partial charge in [0.05, 0.1) is 5.57 Å². The van der Waals surface area contributed by atoms with E-state index in [1.807, 2.05) is 54.6 Å². The zero-order valence-corrected chi connectivity index (χ0v) is 15.4. The number of ether oxygens (including phenoxy) is 1. The number of halogens is 1. The largest absolute Gasteiger partial charge is 0.457 e. The molecule has 1 amide bonds. The van der Waals surface area contributed by atoms with Crippen molar-refractivity contribution in [1.29, 1.82) is 0 Å². The Balaban J connectivity index is 1.87. The summed E-state index contributed by atoms with van der Waals surface area (Å²) in [5.74, 6) is -0.826. The lowest BCUT2D eigenvalue weighted by molar-refractivity contribution is -0.141. The number of nitrogens with one attached hydrogen (secondary N) is 1. The number of allylic oxidation sites excluding steroid dienone is 1. The van der Waals surface area contributed by atoms with Crippen LogP contribution in [0, 0.1) is 0 Å². The molecule has 0 saturated carbocycles. The Morgan fingerprint density at radius 3 is 2.56 bits per heavy atom. The normalized spacial score (nSPS) is 17.2. The Labute approximate surface area is 155 Å². The minimum absolute atomic E-state index is 0.0992. The van der Waals surface area contributed by atoms with Crippen LogP contribution in [0.15, 0.2) is 70.3 Å². The van der Waals surface area contributed by atoms with Crippen molar-refractivity contribution in [2.24, 2.45) is 0 Å². The first kappa shape index (κ1) is 17.4. The first-order chi connectivity index (χ1) is 12.1. The van der Waals surface area contributed by atoms with Crippen LogP contribution >= 0.6 is 15.9 Å². The van der Waals surface area contributed by atoms with E-state index in [2.05, 4.69) is 21.2 Å². The van der Waals surface area contributed by atoms with E-state index in [4.69, 9.17) is 4.74 Å². The van der Waals surface area contributed by atoms with Gasteiger partial charge in [-0.1, -0.05) is 64.5 Å². The van der Waals surface area contributed by atoms with E-state index in [1.165, 1.54) is 0 Å². The van der Waals surface area contributed by atoms with Crippen LogP contribution in [0.25, 0.3) is 0 Å². The molecule has 1 heterocycles. The van der Waals surface area contributed by atoms with Gasteiger partial charge in [-0.05, 0) is 24.1 Å². The van der Waals surface area contributed by atoms with Gasteiger partial charge in [0.1, 0.15) is 6.61 Å². The lowest BCUT2D eigenvalue weighted by atomic mass is 9.84. The number of hydrogen-bond acceptors (Lipinski definition) is 3. The van der Waals surface area contributed by atoms with Gasteiger partial charge in [-0.15, -0.1) is 0 Å². The average molecular weight is 400 g/mol. The fourth-order valence-corrected chi connectivity index (χ4v) is 3.56. The molecule has 128 valence electrons. The molecule has 0 unspecified atom stereocenters. The number of amides is 1. The van der Waals surface area contributed by atoms with Crippen LogP contribution in [0.5, 0.6) is 0 Å². The third-order valence-corrected chi connectivity index (χ3v) is 4.90. The molecule has 1 atom stereocenters. The van der Waals surface area contributed by atoms with Crippen LogP contribution < -0.4 is 5.32 Å². The average Bonchev–Trinajstić information content (AvgIpc) is 2.60. The van der Waals surface area contributed by atoms with E-state index in [9.17, 15) is 9.59 Å². The van der Waals surface area contributed by atoms with Crippen molar-refractivity contribution in [3.05, 3.63) is 81.5 Å². The molecule has 1 aliphatic rings. The second-order valence-electron chi connectivity index (χ2n) is 5.93. The lowest BCUT2D eigenvalue weighted by Gasteiger charge is -2.27. The summed E-state index contributed by atoms with van der Waals surface area (Å²) in [7, 11) is 0. The molecule has 0 spiro atoms. The second-order valence-corrected chi connectivity index (χ2v) is 6.78. The summed E-state index contributed by atoms with van der Waals surface area (Å²) < 4.78 is 6.37. The van der Waals surface area contributed by atoms with Crippen molar-refractivity contribution in [3.63, 3.8) is 0 Å². The Hall–Kier alpha value is -2.40. The van der Waals surface area contributed by atoms with Crippen molar-refractivity contribution in [2.75, 3.05) is 0 Å². The maximum absolute atomic E-state index is 12.7. The molecule has 2 aromatic rings. The van der Waals surface area contributed by atoms with Gasteiger partial charge < -0.3 is 10.1 Å². The van der Waals surface area contributed by atoms with Gasteiger partial charge in [0.15, 0.2) is 0 Å². The van der Waals surface area contributed by atoms with Crippen LogP contribution in [-0.4, -0.2) is 11.9 Å². The first-order valence-electron chi connectivity index (χ1n) is 8.02. The fraction of sp³-hybridized carbons (Fsp3) is 0.200. The van der Waals surface area contributed by atoms with E-state index >= 15 is 0 Å². The highest BCUT2D eigenvalue weighted by atomic mass is 79.9. The third kappa shape index (κ3) is 3.99. The number of rotatable bonds is 4. The van der Waals surface area contributed by atoms with Gasteiger partial charge in [0, 0.05) is 22.5 Å². The summed E-state index contributed by atoms with van der Waals surface area (Å²) >= 11 is 3.52. The molecule has 0 fully saturated rings. The summed E-state index contributed by atoms with van der Waals surface area (Å²) in [5, 5.41) is 2.75. The predicted octanol–water partition coefficient (Wildman–Crippen LogP) is 4.07. The number of hydrogen-bond donors (Lipinski definition) is 1. The molecule has 0 aromatic heterocycles. The van der Waals surface area contributed by atoms with Gasteiger partial charge in [0.25, 0.3) is 0 Å². The van der Waals surface area contributed by atoms with Crippen LogP contribution in [-0.2, 0) is 20.9 Å². The van der Waals surface area contributed by atoms with Gasteiger partial charge in [-0.25, -0.2) is 4.79 Å². The Kier molecular flexibility index (Phi) is 5.34. The molecule has 25 heavy (non-hydrogen) atoms. The van der Waals surface area contributed by atoms with E-state index in [1.54, 1.807) is 6.92 Å². The third-order valence-electron chi connectivity index (χ3n) is 4.18. The summed E-state index contributed by atoms with van der Waals surface area (Å²) in [6.07, 6.45) is 0.218. The maximum atomic E-state index is 12.7. The predicted molar refractivity (Wildman–Crippen MR) is 98.6 cm³/mol. The standard InChI is InChI=1S/C20H18BrNO3/c1-13-19(20(24)25-12-14-7-3-2-4-8-14)16(11-18(23)22-13)15-9-5-6-10-17(15)21/h2-10,16H,11-12H2,1H3,(H,22,23)/t16-/m0/s1. The fourth-order valence-electron chi connectivity index (χ4n) is 3.00. The van der Waals surface area contributed by atoms with E-state index in [0.29, 0.717) is 11.3 Å². The van der Waals surface area contributed by atoms with Crippen molar-refractivity contribution in [2.45, 2.75) is 25.9 Å². The van der Waals surface area contributed by atoms with E-state index in [0.717, 1.165) is 15.6 Å². The number of esters is 1. The highest BCUT2D eigenvalue weighted by Crippen LogP contribution is 2.37. The van der Waals surface area contributed by atoms with Crippen molar-refractivity contribution < 1.29 is 14.3 Å². The molecule has 1 N–H and O–H groups in total. The lowest BCUT2D eigenvalue weighted by Crippen LogP contribution is -2.34. The van der Waals surface area contributed by atoms with Gasteiger partial charge in [-0.2, -0.15) is 0 Å². The van der Waals surface area contributed by atoms with Crippen LogP contribution in [0.1, 0.15) is 30.4 Å². The van der Waals surface area contributed by atoms with Crippen molar-refractivity contribution >= 4 is 27.8 Å². The molecule has 5 heteroatoms. The Morgan fingerprint density at radius 2 is 1.84 bits per heavy atom. The Morgan fingerprint density at radius 1 is 1.16 bits per heavy atom. The minimum Gasteiger partial charge on any atom is -0.457 e. The highest BCUT2D eigenvalue weighted by Gasteiger charge is 2.33. The molecule has 4 nitrogen and oxygen atoms in total. The van der Waals surface area contributed by atoms with Gasteiger partial charge in [0.2, 0.25) is 5.91 Å². The van der Waals surface area contributed by atoms with E-state index in [-0.39, 0.29) is 24.9 Å². The molecule has 0 radical (unpaired) electrons. The van der Waals surface area contributed by atoms with Crippen LogP contribution in [0.2, 0.25) is 0 Å². The SMILES string of the molecule is CC1=C(C(=O)OCc2ccccc2)[C@H](c2ccccc2Br)CC(=O)N1. The molecule has 0 aliphatic carbocycles. The monoisotopic (exact) mass is 399 g/mol. The zero-order chi connectivity index (χ0) is 17.8. The van der Waals surface area contributed by atoms with Gasteiger partial charge >= 0.3 is 5.97 Å². The minimum atomic E-state index is -0.401. The summed E-state index contributed by atoms with van der Waals surface area (Å²) in [6.45, 7) is 1.94. The molecule has 0 saturated heterocycles. The smallest absolute Gasteiger partial charge is 0.336 e. The van der Waals surface area contributed by atoms with Crippen molar-refractivity contribution in [1.82, 2.24) is 5.32 Å². The number of carbonyl (C=O) groups is 2. The van der Waals surface area contributed by atoms with E-state index < -0.39 is 5.97 Å². The molecular weight excluding hydrogens is 382 g/mol. The maximum Gasteiger partial charge on any atom is 0.336 e. The molecule has 1 aliphatic heterocycles. The number of benzene rings is 2. The first-order valence-corrected chi connectivity index (χ1v) is 8.81. The summed E-state index contributed by atoms with van der Waals surface area (Å²) in [4.78, 5) is 24.7.